The van der Waals surface area contributed by atoms with Gasteiger partial charge in [0.25, 0.3) is 0 Å². The maximum absolute atomic E-state index is 12.5. The summed E-state index contributed by atoms with van der Waals surface area (Å²) in [6.07, 6.45) is 2.91. The largest absolute Gasteiger partial charge is 0.495 e. The molecule has 1 atom stereocenters. The fraction of sp³-hybridized carbons (Fsp3) is 0.556. The van der Waals surface area contributed by atoms with Crippen molar-refractivity contribution in [3.05, 3.63) is 24.3 Å². The topological polar surface area (TPSA) is 84.7 Å². The Bertz CT molecular complexity index is 568. The smallest absolute Gasteiger partial charge is 0.239 e. The second-order valence-corrected chi connectivity index (χ2v) is 6.18. The number of methoxy groups -OCH3 is 1. The summed E-state index contributed by atoms with van der Waals surface area (Å²) in [6, 6.07) is 6.92. The van der Waals surface area contributed by atoms with Crippen LogP contribution in [0.1, 0.15) is 32.6 Å². The van der Waals surface area contributed by atoms with E-state index in [0.29, 0.717) is 43.8 Å². The van der Waals surface area contributed by atoms with Crippen LogP contribution in [0.5, 0.6) is 5.75 Å². The van der Waals surface area contributed by atoms with Gasteiger partial charge in [0.15, 0.2) is 0 Å². The van der Waals surface area contributed by atoms with E-state index in [1.807, 2.05) is 31.2 Å². The number of nitrogens with zero attached hydrogens (tertiary/aromatic N) is 1. The molecule has 1 aliphatic rings. The molecule has 0 radical (unpaired) electrons. The van der Waals surface area contributed by atoms with Gasteiger partial charge in [-0.1, -0.05) is 25.5 Å². The summed E-state index contributed by atoms with van der Waals surface area (Å²) >= 11 is 0. The molecule has 1 heterocycles. The van der Waals surface area contributed by atoms with E-state index in [1.165, 1.54) is 0 Å². The molecule has 2 rings (SSSR count). The van der Waals surface area contributed by atoms with Crippen molar-refractivity contribution in [2.75, 3.05) is 25.5 Å². The van der Waals surface area contributed by atoms with Crippen LogP contribution in [0.15, 0.2) is 24.3 Å². The predicted octanol–water partition coefficient (Wildman–Crippen LogP) is 2.00. The molecular weight excluding hydrogens is 306 g/mol. The van der Waals surface area contributed by atoms with E-state index in [1.54, 1.807) is 12.0 Å². The van der Waals surface area contributed by atoms with Crippen molar-refractivity contribution in [1.29, 1.82) is 0 Å². The Balaban J connectivity index is 1.87. The van der Waals surface area contributed by atoms with Gasteiger partial charge >= 0.3 is 0 Å². The van der Waals surface area contributed by atoms with Gasteiger partial charge in [-0.05, 0) is 31.4 Å². The monoisotopic (exact) mass is 333 g/mol. The fourth-order valence-electron chi connectivity index (χ4n) is 3.01. The summed E-state index contributed by atoms with van der Waals surface area (Å²) in [4.78, 5) is 26.5. The molecule has 132 valence electrons. The third-order valence-electron chi connectivity index (χ3n) is 4.46. The summed E-state index contributed by atoms with van der Waals surface area (Å²) in [5, 5.41) is 2.93. The molecule has 6 heteroatoms. The molecule has 1 unspecified atom stereocenters. The van der Waals surface area contributed by atoms with Crippen molar-refractivity contribution in [2.24, 2.45) is 11.7 Å². The number of hydrogen-bond donors (Lipinski definition) is 2. The Morgan fingerprint density at radius 3 is 2.62 bits per heavy atom. The quantitative estimate of drug-likeness (QED) is 0.834. The molecule has 6 nitrogen and oxygen atoms in total. The lowest BCUT2D eigenvalue weighted by Gasteiger charge is -2.33. The third kappa shape index (κ3) is 4.47. The minimum atomic E-state index is -0.422. The number of carbonyl (C=O) groups excluding carboxylic acids is 2. The highest BCUT2D eigenvalue weighted by Gasteiger charge is 2.29. The normalized spacial score (nSPS) is 16.5. The molecule has 0 bridgehead atoms. The lowest BCUT2D eigenvalue weighted by molar-refractivity contribution is -0.135. The van der Waals surface area contributed by atoms with Gasteiger partial charge in [-0.25, -0.2) is 0 Å². The fourth-order valence-corrected chi connectivity index (χ4v) is 3.01. The maximum Gasteiger partial charge on any atom is 0.239 e. The zero-order valence-electron chi connectivity index (χ0n) is 14.5. The van der Waals surface area contributed by atoms with Gasteiger partial charge in [-0.15, -0.1) is 0 Å². The molecule has 24 heavy (non-hydrogen) atoms. The number of nitrogens with two attached hydrogens (primary N) is 1. The highest BCUT2D eigenvalue weighted by molar-refractivity contribution is 5.94. The van der Waals surface area contributed by atoms with E-state index >= 15 is 0 Å². The Hall–Kier alpha value is -2.08. The van der Waals surface area contributed by atoms with Crippen LogP contribution in [-0.2, 0) is 9.59 Å². The number of piperidine rings is 1. The van der Waals surface area contributed by atoms with Gasteiger partial charge < -0.3 is 20.7 Å². The number of likely N-dealkylation sites (tertiary alicyclic amines) is 1. The number of anilines is 1. The average Bonchev–Trinajstić information content (AvgIpc) is 2.61. The Kier molecular flexibility index (Phi) is 6.61. The van der Waals surface area contributed by atoms with Gasteiger partial charge in [0.1, 0.15) is 5.75 Å². The predicted molar refractivity (Wildman–Crippen MR) is 93.8 cm³/mol. The van der Waals surface area contributed by atoms with Crippen LogP contribution in [0.25, 0.3) is 0 Å². The minimum absolute atomic E-state index is 0.000404. The Morgan fingerprint density at radius 2 is 2.00 bits per heavy atom. The van der Waals surface area contributed by atoms with Crippen molar-refractivity contribution in [3.63, 3.8) is 0 Å². The molecule has 1 aromatic carbocycles. The van der Waals surface area contributed by atoms with Gasteiger partial charge in [0.05, 0.1) is 18.8 Å². The molecule has 3 N–H and O–H groups in total. The van der Waals surface area contributed by atoms with Crippen molar-refractivity contribution in [3.8, 4) is 5.75 Å². The average molecular weight is 333 g/mol. The number of nitrogens with one attached hydrogen (secondary N) is 1. The Morgan fingerprint density at radius 1 is 1.33 bits per heavy atom. The molecule has 0 aliphatic carbocycles. The molecule has 1 fully saturated rings. The second-order valence-electron chi connectivity index (χ2n) is 6.18. The van der Waals surface area contributed by atoms with E-state index < -0.39 is 6.04 Å². The van der Waals surface area contributed by atoms with Crippen LogP contribution in [0.4, 0.5) is 5.69 Å². The first-order valence-electron chi connectivity index (χ1n) is 8.55. The van der Waals surface area contributed by atoms with Gasteiger partial charge in [0.2, 0.25) is 11.8 Å². The number of rotatable bonds is 6. The number of amides is 2. The van der Waals surface area contributed by atoms with Crippen LogP contribution in [0, 0.1) is 5.92 Å². The van der Waals surface area contributed by atoms with Crippen molar-refractivity contribution in [2.45, 2.75) is 38.6 Å². The number of benzene rings is 1. The van der Waals surface area contributed by atoms with E-state index in [0.717, 1.165) is 6.42 Å². The number of hydrogen-bond acceptors (Lipinski definition) is 4. The van der Waals surface area contributed by atoms with E-state index in [2.05, 4.69) is 5.32 Å². The second kappa shape index (κ2) is 8.68. The minimum Gasteiger partial charge on any atom is -0.495 e. The summed E-state index contributed by atoms with van der Waals surface area (Å²) in [5.74, 6) is 0.523. The number of ether oxygens (including phenoxy) is 1. The number of carbonyl (C=O) groups is 2. The van der Waals surface area contributed by atoms with Crippen LogP contribution >= 0.6 is 0 Å². The van der Waals surface area contributed by atoms with E-state index in [9.17, 15) is 9.59 Å². The van der Waals surface area contributed by atoms with Crippen LogP contribution < -0.4 is 15.8 Å². The summed E-state index contributed by atoms with van der Waals surface area (Å²) in [5.41, 5.74) is 6.58. The SMILES string of the molecule is CCCC(N)C(=O)N1CCC(C(=O)Nc2ccccc2OC)CC1. The lowest BCUT2D eigenvalue weighted by atomic mass is 9.95. The first-order chi connectivity index (χ1) is 11.6. The van der Waals surface area contributed by atoms with Crippen molar-refractivity contribution < 1.29 is 14.3 Å². The lowest BCUT2D eigenvalue weighted by Crippen LogP contribution is -2.48. The highest BCUT2D eigenvalue weighted by atomic mass is 16.5. The molecule has 1 aliphatic heterocycles. The highest BCUT2D eigenvalue weighted by Crippen LogP contribution is 2.26. The molecule has 2 amide bonds. The maximum atomic E-state index is 12.5. The Labute approximate surface area is 143 Å². The van der Waals surface area contributed by atoms with Crippen molar-refractivity contribution in [1.82, 2.24) is 4.90 Å². The van der Waals surface area contributed by atoms with Gasteiger partial charge in [0, 0.05) is 19.0 Å². The molecule has 0 spiro atoms. The van der Waals surface area contributed by atoms with Crippen LogP contribution in [0.2, 0.25) is 0 Å². The summed E-state index contributed by atoms with van der Waals surface area (Å²) in [6.45, 7) is 3.18. The zero-order chi connectivity index (χ0) is 17.5. The van der Waals surface area contributed by atoms with Crippen LogP contribution in [0.3, 0.4) is 0 Å². The molecule has 1 saturated heterocycles. The molecule has 0 saturated carbocycles. The first kappa shape index (κ1) is 18.3. The summed E-state index contributed by atoms with van der Waals surface area (Å²) < 4.78 is 5.25. The zero-order valence-corrected chi connectivity index (χ0v) is 14.5. The van der Waals surface area contributed by atoms with Crippen LogP contribution in [-0.4, -0.2) is 43.0 Å². The number of para-hydroxylation sites is 2. The molecule has 0 aromatic heterocycles. The van der Waals surface area contributed by atoms with E-state index in [-0.39, 0.29) is 17.7 Å². The van der Waals surface area contributed by atoms with Gasteiger partial charge in [-0.3, -0.25) is 9.59 Å². The first-order valence-corrected chi connectivity index (χ1v) is 8.55. The third-order valence-corrected chi connectivity index (χ3v) is 4.46. The standard InChI is InChI=1S/C18H27N3O3/c1-3-6-14(19)18(23)21-11-9-13(10-12-21)17(22)20-15-7-4-5-8-16(15)24-2/h4-5,7-8,13-14H,3,6,9-12,19H2,1-2H3,(H,20,22). The molecule has 1 aromatic rings. The van der Waals surface area contributed by atoms with Crippen molar-refractivity contribution >= 4 is 17.5 Å². The molecular formula is C18H27N3O3. The van der Waals surface area contributed by atoms with E-state index in [4.69, 9.17) is 10.5 Å². The van der Waals surface area contributed by atoms with Gasteiger partial charge in [-0.2, -0.15) is 0 Å². The summed E-state index contributed by atoms with van der Waals surface area (Å²) in [7, 11) is 1.58.